The molecule has 0 fully saturated rings. The van der Waals surface area contributed by atoms with Gasteiger partial charge in [-0.25, -0.2) is 0 Å². The smallest absolute Gasteiger partial charge is 0.0490 e. The molecule has 0 aliphatic heterocycles. The Morgan fingerprint density at radius 2 is 1.05 bits per heavy atom. The van der Waals surface area contributed by atoms with Crippen molar-refractivity contribution in [3.8, 4) is 0 Å². The van der Waals surface area contributed by atoms with Crippen molar-refractivity contribution in [3.63, 3.8) is 0 Å². The highest BCUT2D eigenvalue weighted by atomic mass is 15.1. The molecule has 0 aliphatic rings. The Balaban J connectivity index is 1.81. The third-order valence-electron chi connectivity index (χ3n) is 7.84. The molecular weight excluding hydrogens is 470 g/mol. The van der Waals surface area contributed by atoms with Crippen molar-refractivity contribution in [3.05, 3.63) is 102 Å². The van der Waals surface area contributed by atoms with Crippen molar-refractivity contribution >= 4 is 17.5 Å². The van der Waals surface area contributed by atoms with Crippen LogP contribution in [0.5, 0.6) is 0 Å². The molecule has 0 spiro atoms. The highest BCUT2D eigenvalue weighted by Crippen LogP contribution is 2.33. The molecule has 0 bridgehead atoms. The lowest BCUT2D eigenvalue weighted by molar-refractivity contribution is 0.583. The second kappa shape index (κ2) is 19.3. The second-order valence-corrected chi connectivity index (χ2v) is 11.1. The Labute approximate surface area is 240 Å². The first-order chi connectivity index (χ1) is 19.3. The van der Waals surface area contributed by atoms with E-state index in [2.05, 4.69) is 110 Å². The van der Waals surface area contributed by atoms with Crippen LogP contribution in [0.15, 0.2) is 85.1 Å². The summed E-state index contributed by atoms with van der Waals surface area (Å²) in [6.45, 7) is 4.60. The average Bonchev–Trinajstić information content (AvgIpc) is 2.98. The Morgan fingerprint density at radius 1 is 0.513 bits per heavy atom. The lowest BCUT2D eigenvalue weighted by Gasteiger charge is -2.26. The van der Waals surface area contributed by atoms with Gasteiger partial charge in [0.05, 0.1) is 0 Å². The van der Waals surface area contributed by atoms with Gasteiger partial charge in [0.25, 0.3) is 0 Å². The van der Waals surface area contributed by atoms with Gasteiger partial charge in [-0.15, -0.1) is 0 Å². The third-order valence-corrected chi connectivity index (χ3v) is 7.84. The van der Waals surface area contributed by atoms with Crippen molar-refractivity contribution in [2.75, 3.05) is 4.90 Å². The first kappa shape index (κ1) is 30.7. The first-order valence-corrected chi connectivity index (χ1v) is 16.0. The van der Waals surface area contributed by atoms with E-state index in [-0.39, 0.29) is 0 Å². The van der Waals surface area contributed by atoms with Crippen LogP contribution in [0.1, 0.15) is 120 Å². The van der Waals surface area contributed by atoms with Gasteiger partial charge >= 0.3 is 0 Å². The summed E-state index contributed by atoms with van der Waals surface area (Å²) in [4.78, 5) is 2.41. The predicted molar refractivity (Wildman–Crippen MR) is 174 cm³/mol. The Morgan fingerprint density at radius 3 is 1.67 bits per heavy atom. The topological polar surface area (TPSA) is 3.24 Å². The van der Waals surface area contributed by atoms with Crippen molar-refractivity contribution in [2.24, 2.45) is 0 Å². The van der Waals surface area contributed by atoms with Gasteiger partial charge in [0, 0.05) is 17.6 Å². The number of unbranched alkanes of at least 4 members (excludes halogenated alkanes) is 12. The summed E-state index contributed by atoms with van der Waals surface area (Å²) in [5.74, 6) is 0. The molecule has 0 radical (unpaired) electrons. The lowest BCUT2D eigenvalue weighted by Crippen LogP contribution is -2.12. The molecule has 0 saturated carbocycles. The summed E-state index contributed by atoms with van der Waals surface area (Å²) in [7, 11) is 0. The normalized spacial score (nSPS) is 11.3. The van der Waals surface area contributed by atoms with Gasteiger partial charge in [-0.05, 0) is 66.6 Å². The molecule has 0 N–H and O–H groups in total. The first-order valence-electron chi connectivity index (χ1n) is 16.0. The fraction of sp³-hybridized carbons (Fsp3) is 0.474. The molecule has 0 atom stereocenters. The summed E-state index contributed by atoms with van der Waals surface area (Å²) in [5.41, 5.74) is 6.91. The minimum absolute atomic E-state index is 1.16. The summed E-state index contributed by atoms with van der Waals surface area (Å²) in [6.07, 6.45) is 25.8. The van der Waals surface area contributed by atoms with Crippen LogP contribution in [0, 0.1) is 0 Å². The van der Waals surface area contributed by atoms with Crippen LogP contribution in [0.25, 0.3) is 6.08 Å². The van der Waals surface area contributed by atoms with Crippen molar-refractivity contribution in [1.29, 1.82) is 0 Å². The molecule has 0 saturated heterocycles. The highest BCUT2D eigenvalue weighted by Gasteiger charge is 2.15. The minimum Gasteiger partial charge on any atom is -0.317 e. The number of anilines is 2. The Bertz CT molecular complexity index is 1040. The molecule has 0 amide bonds. The van der Waals surface area contributed by atoms with E-state index in [1.54, 1.807) is 11.1 Å². The molecule has 0 aliphatic carbocycles. The van der Waals surface area contributed by atoms with Crippen LogP contribution < -0.4 is 4.90 Å². The zero-order chi connectivity index (χ0) is 27.4. The lowest BCUT2D eigenvalue weighted by atomic mass is 9.94. The molecule has 3 aromatic rings. The fourth-order valence-corrected chi connectivity index (χ4v) is 5.52. The number of nitrogens with zero attached hydrogens (tertiary/aromatic N) is 1. The summed E-state index contributed by atoms with van der Waals surface area (Å²) >= 11 is 0. The molecule has 1 nitrogen and oxygen atoms in total. The van der Waals surface area contributed by atoms with Gasteiger partial charge in [-0.2, -0.15) is 0 Å². The van der Waals surface area contributed by atoms with Crippen LogP contribution in [0.3, 0.4) is 0 Å². The minimum atomic E-state index is 1.16. The maximum absolute atomic E-state index is 2.41. The van der Waals surface area contributed by atoms with Crippen LogP contribution in [0.2, 0.25) is 0 Å². The van der Waals surface area contributed by atoms with Gasteiger partial charge in [-0.3, -0.25) is 0 Å². The number of hydrogen-bond donors (Lipinski definition) is 0. The number of aryl methyl sites for hydroxylation is 1. The van der Waals surface area contributed by atoms with Crippen molar-refractivity contribution in [1.82, 2.24) is 0 Å². The van der Waals surface area contributed by atoms with Crippen LogP contribution >= 0.6 is 0 Å². The van der Waals surface area contributed by atoms with Crippen molar-refractivity contribution < 1.29 is 0 Å². The average molecular weight is 524 g/mol. The molecule has 3 aromatic carbocycles. The largest absolute Gasteiger partial charge is 0.317 e. The summed E-state index contributed by atoms with van der Waals surface area (Å²) in [5, 5.41) is 0. The number of benzene rings is 3. The highest BCUT2D eigenvalue weighted by molar-refractivity contribution is 5.72. The monoisotopic (exact) mass is 523 g/mol. The number of rotatable bonds is 20. The molecule has 1 heteroatoms. The molecular formula is C38H53N. The van der Waals surface area contributed by atoms with E-state index in [1.807, 2.05) is 0 Å². The fourth-order valence-electron chi connectivity index (χ4n) is 5.52. The van der Waals surface area contributed by atoms with Gasteiger partial charge in [0.2, 0.25) is 0 Å². The zero-order valence-electron chi connectivity index (χ0n) is 24.9. The quantitative estimate of drug-likeness (QED) is 0.133. The summed E-state index contributed by atoms with van der Waals surface area (Å²) in [6, 6.07) is 28.6. The van der Waals surface area contributed by atoms with Crippen molar-refractivity contribution in [2.45, 2.75) is 117 Å². The SMILES string of the molecule is CCCCCCCCCc1cccc(N(C=Cc2ccccc2)c2ccccc2)c1CCCCCCCCC. The van der Waals surface area contributed by atoms with E-state index in [0.29, 0.717) is 0 Å². The summed E-state index contributed by atoms with van der Waals surface area (Å²) < 4.78 is 0. The second-order valence-electron chi connectivity index (χ2n) is 11.1. The van der Waals surface area contributed by atoms with Crippen LogP contribution in [0.4, 0.5) is 11.4 Å². The van der Waals surface area contributed by atoms with E-state index in [1.165, 1.54) is 113 Å². The van der Waals surface area contributed by atoms with E-state index in [0.717, 1.165) is 6.42 Å². The Hall–Kier alpha value is -2.80. The number of para-hydroxylation sites is 1. The maximum atomic E-state index is 2.41. The predicted octanol–water partition coefficient (Wildman–Crippen LogP) is 12.1. The molecule has 210 valence electrons. The maximum Gasteiger partial charge on any atom is 0.0490 e. The van der Waals surface area contributed by atoms with Gasteiger partial charge in [-0.1, -0.05) is 152 Å². The molecule has 0 heterocycles. The van der Waals surface area contributed by atoms with E-state index in [9.17, 15) is 0 Å². The number of hydrogen-bond acceptors (Lipinski definition) is 1. The van der Waals surface area contributed by atoms with Crippen LogP contribution in [-0.4, -0.2) is 0 Å². The Kier molecular flexibility index (Phi) is 15.2. The van der Waals surface area contributed by atoms with E-state index < -0.39 is 0 Å². The zero-order valence-corrected chi connectivity index (χ0v) is 24.9. The molecule has 3 rings (SSSR count). The molecule has 0 unspecified atom stereocenters. The molecule has 39 heavy (non-hydrogen) atoms. The molecule has 0 aromatic heterocycles. The third kappa shape index (κ3) is 11.5. The van der Waals surface area contributed by atoms with Gasteiger partial charge in [0.1, 0.15) is 0 Å². The van der Waals surface area contributed by atoms with Gasteiger partial charge in [0.15, 0.2) is 0 Å². The van der Waals surface area contributed by atoms with Crippen LogP contribution in [-0.2, 0) is 12.8 Å². The van der Waals surface area contributed by atoms with E-state index >= 15 is 0 Å². The van der Waals surface area contributed by atoms with E-state index in [4.69, 9.17) is 0 Å². The standard InChI is InChI=1S/C38H53N/c1-3-5-7-9-11-13-19-26-35-27-23-31-38(37(35)30-22-14-12-10-8-6-4-2)39(36-28-20-16-21-29-36)33-32-34-24-17-15-18-25-34/h15-18,20-21,23-25,27-29,31-33H,3-14,19,22,26,30H2,1-2H3. The van der Waals surface area contributed by atoms with Gasteiger partial charge < -0.3 is 4.90 Å².